The van der Waals surface area contributed by atoms with Crippen molar-refractivity contribution in [3.63, 3.8) is 0 Å². The Bertz CT molecular complexity index is 1110. The normalized spacial score (nSPS) is 14.7. The number of amides is 1. The Balaban J connectivity index is 1.72. The third-order valence-corrected chi connectivity index (χ3v) is 6.03. The second-order valence-electron chi connectivity index (χ2n) is 8.16. The summed E-state index contributed by atoms with van der Waals surface area (Å²) in [4.78, 5) is 26.4. The first-order valence-electron chi connectivity index (χ1n) is 10.9. The first-order chi connectivity index (χ1) is 15.1. The lowest BCUT2D eigenvalue weighted by Crippen LogP contribution is -2.36. The van der Waals surface area contributed by atoms with Crippen molar-refractivity contribution in [2.45, 2.75) is 38.6 Å². The summed E-state index contributed by atoms with van der Waals surface area (Å²) in [5.74, 6) is -0.787. The van der Waals surface area contributed by atoms with Gasteiger partial charge in [-0.15, -0.1) is 0 Å². The summed E-state index contributed by atoms with van der Waals surface area (Å²) in [6.07, 6.45) is 7.94. The van der Waals surface area contributed by atoms with Crippen LogP contribution >= 0.6 is 0 Å². The quantitative estimate of drug-likeness (QED) is 0.500. The van der Waals surface area contributed by atoms with Gasteiger partial charge in [0.2, 0.25) is 5.91 Å². The molecule has 1 amide bonds. The number of fused-ring (bicyclic) bond motifs is 1. The summed E-state index contributed by atoms with van der Waals surface area (Å²) >= 11 is 0. The highest BCUT2D eigenvalue weighted by molar-refractivity contribution is 5.96. The lowest BCUT2D eigenvalue weighted by atomic mass is 9.88. The number of nitrogens with zero attached hydrogens (tertiary/aromatic N) is 1. The molecular weight excluding hydrogens is 386 g/mol. The van der Waals surface area contributed by atoms with E-state index in [0.717, 1.165) is 59.3 Å². The van der Waals surface area contributed by atoms with Crippen LogP contribution in [0.25, 0.3) is 16.8 Å². The summed E-state index contributed by atoms with van der Waals surface area (Å²) in [6.45, 7) is 0.489. The molecule has 4 heteroatoms. The highest BCUT2D eigenvalue weighted by atomic mass is 16.4. The second kappa shape index (κ2) is 9.61. The Kier molecular flexibility index (Phi) is 6.46. The number of rotatable bonds is 6. The third kappa shape index (κ3) is 5.02. The smallest absolute Gasteiger partial charge is 0.328 e. The fourth-order valence-electron chi connectivity index (χ4n) is 4.43. The van der Waals surface area contributed by atoms with Gasteiger partial charge in [0.1, 0.15) is 0 Å². The molecule has 0 spiro atoms. The molecule has 1 aliphatic carbocycles. The minimum Gasteiger partial charge on any atom is -0.478 e. The molecule has 0 heterocycles. The molecule has 4 rings (SSSR count). The molecule has 0 saturated heterocycles. The van der Waals surface area contributed by atoms with Crippen molar-refractivity contribution in [2.75, 3.05) is 4.90 Å². The Morgan fingerprint density at radius 3 is 2.48 bits per heavy atom. The topological polar surface area (TPSA) is 57.6 Å². The van der Waals surface area contributed by atoms with Crippen LogP contribution in [0.3, 0.4) is 0 Å². The predicted octanol–water partition coefficient (Wildman–Crippen LogP) is 6.05. The van der Waals surface area contributed by atoms with E-state index < -0.39 is 5.97 Å². The maximum Gasteiger partial charge on any atom is 0.328 e. The van der Waals surface area contributed by atoms with Crippen molar-refractivity contribution >= 4 is 34.4 Å². The first-order valence-corrected chi connectivity index (χ1v) is 10.9. The van der Waals surface area contributed by atoms with E-state index in [1.807, 2.05) is 47.4 Å². The van der Waals surface area contributed by atoms with Crippen LogP contribution in [0.1, 0.15) is 43.2 Å². The molecule has 0 aromatic heterocycles. The molecule has 31 heavy (non-hydrogen) atoms. The molecule has 1 N–H and O–H groups in total. The maximum absolute atomic E-state index is 13.6. The molecule has 1 fully saturated rings. The summed E-state index contributed by atoms with van der Waals surface area (Å²) in [7, 11) is 0. The van der Waals surface area contributed by atoms with Crippen LogP contribution in [0.2, 0.25) is 0 Å². The summed E-state index contributed by atoms with van der Waals surface area (Å²) in [5, 5.41) is 11.3. The lowest BCUT2D eigenvalue weighted by molar-refractivity contribution is -0.131. The third-order valence-electron chi connectivity index (χ3n) is 6.03. The minimum absolute atomic E-state index is 0.0435. The molecule has 0 bridgehead atoms. The predicted molar refractivity (Wildman–Crippen MR) is 125 cm³/mol. The summed E-state index contributed by atoms with van der Waals surface area (Å²) in [5.41, 5.74) is 2.67. The Morgan fingerprint density at radius 1 is 0.935 bits per heavy atom. The number of aliphatic carboxylic acids is 1. The molecule has 158 valence electrons. The van der Waals surface area contributed by atoms with Crippen LogP contribution in [0.5, 0.6) is 0 Å². The van der Waals surface area contributed by atoms with Crippen molar-refractivity contribution < 1.29 is 14.7 Å². The molecule has 0 atom stereocenters. The SMILES string of the molecule is O=C(O)C=Cc1cccc(N(Cc2cccc3ccccc23)C(=O)C2CCCCC2)c1. The van der Waals surface area contributed by atoms with Crippen molar-refractivity contribution in [1.29, 1.82) is 0 Å². The Morgan fingerprint density at radius 2 is 1.68 bits per heavy atom. The highest BCUT2D eigenvalue weighted by Gasteiger charge is 2.27. The number of hydrogen-bond acceptors (Lipinski definition) is 2. The van der Waals surface area contributed by atoms with E-state index in [1.54, 1.807) is 6.08 Å². The van der Waals surface area contributed by atoms with Gasteiger partial charge in [0, 0.05) is 17.7 Å². The lowest BCUT2D eigenvalue weighted by Gasteiger charge is -2.30. The number of carboxylic acids is 1. The monoisotopic (exact) mass is 413 g/mol. The number of carbonyl (C=O) groups excluding carboxylic acids is 1. The van der Waals surface area contributed by atoms with Gasteiger partial charge in [0.15, 0.2) is 0 Å². The van der Waals surface area contributed by atoms with E-state index in [1.165, 1.54) is 6.42 Å². The number of benzene rings is 3. The molecule has 0 aliphatic heterocycles. The van der Waals surface area contributed by atoms with E-state index >= 15 is 0 Å². The molecule has 0 unspecified atom stereocenters. The zero-order valence-corrected chi connectivity index (χ0v) is 17.5. The van der Waals surface area contributed by atoms with Gasteiger partial charge in [0.05, 0.1) is 6.54 Å². The van der Waals surface area contributed by atoms with Crippen molar-refractivity contribution in [3.05, 3.63) is 83.9 Å². The maximum atomic E-state index is 13.6. The largest absolute Gasteiger partial charge is 0.478 e. The van der Waals surface area contributed by atoms with E-state index in [4.69, 9.17) is 5.11 Å². The molecule has 3 aromatic rings. The minimum atomic E-state index is -0.990. The fraction of sp³-hybridized carbons (Fsp3) is 0.259. The highest BCUT2D eigenvalue weighted by Crippen LogP contribution is 2.30. The van der Waals surface area contributed by atoms with Crippen LogP contribution in [0, 0.1) is 5.92 Å². The number of hydrogen-bond donors (Lipinski definition) is 1. The molecule has 4 nitrogen and oxygen atoms in total. The van der Waals surface area contributed by atoms with Gasteiger partial charge in [-0.1, -0.05) is 73.9 Å². The molecule has 3 aromatic carbocycles. The van der Waals surface area contributed by atoms with Gasteiger partial charge < -0.3 is 10.0 Å². The molecule has 1 saturated carbocycles. The van der Waals surface area contributed by atoms with Gasteiger partial charge >= 0.3 is 5.97 Å². The van der Waals surface area contributed by atoms with Crippen LogP contribution in [-0.4, -0.2) is 17.0 Å². The van der Waals surface area contributed by atoms with Crippen LogP contribution in [0.15, 0.2) is 72.8 Å². The van der Waals surface area contributed by atoms with E-state index in [-0.39, 0.29) is 11.8 Å². The van der Waals surface area contributed by atoms with Gasteiger partial charge in [-0.2, -0.15) is 0 Å². The van der Waals surface area contributed by atoms with Gasteiger partial charge in [-0.3, -0.25) is 4.79 Å². The van der Waals surface area contributed by atoms with Crippen LogP contribution in [-0.2, 0) is 16.1 Å². The number of carbonyl (C=O) groups is 2. The molecule has 0 radical (unpaired) electrons. The van der Waals surface area contributed by atoms with Crippen molar-refractivity contribution in [1.82, 2.24) is 0 Å². The second-order valence-corrected chi connectivity index (χ2v) is 8.16. The van der Waals surface area contributed by atoms with E-state index in [9.17, 15) is 9.59 Å². The van der Waals surface area contributed by atoms with Gasteiger partial charge in [0.25, 0.3) is 0 Å². The van der Waals surface area contributed by atoms with Gasteiger partial charge in [-0.25, -0.2) is 4.79 Å². The average Bonchev–Trinajstić information content (AvgIpc) is 2.81. The number of carboxylic acid groups (broad SMARTS) is 1. The van der Waals surface area contributed by atoms with Crippen molar-refractivity contribution in [2.24, 2.45) is 5.92 Å². The molecular formula is C27H27NO3. The van der Waals surface area contributed by atoms with Crippen LogP contribution < -0.4 is 4.90 Å². The zero-order chi connectivity index (χ0) is 21.6. The summed E-state index contributed by atoms with van der Waals surface area (Å²) in [6, 6.07) is 22.0. The van der Waals surface area contributed by atoms with E-state index in [2.05, 4.69) is 24.3 Å². The Hall–Kier alpha value is -3.40. The zero-order valence-electron chi connectivity index (χ0n) is 17.5. The number of anilines is 1. The fourth-order valence-corrected chi connectivity index (χ4v) is 4.43. The van der Waals surface area contributed by atoms with Crippen molar-refractivity contribution in [3.8, 4) is 0 Å². The first kappa shape index (κ1) is 20.9. The van der Waals surface area contributed by atoms with Crippen LogP contribution in [0.4, 0.5) is 5.69 Å². The van der Waals surface area contributed by atoms with E-state index in [0.29, 0.717) is 6.54 Å². The summed E-state index contributed by atoms with van der Waals surface area (Å²) < 4.78 is 0. The van der Waals surface area contributed by atoms with Gasteiger partial charge in [-0.05, 0) is 52.9 Å². The molecule has 1 aliphatic rings. The Labute approximate surface area is 182 Å². The average molecular weight is 414 g/mol. The standard InChI is InChI=1S/C27H27NO3/c29-26(30)17-16-20-8-6-14-24(18-20)28(27(31)22-10-2-1-3-11-22)19-23-13-7-12-21-9-4-5-15-25(21)23/h4-9,12-18,22H,1-3,10-11,19H2,(H,29,30).